The number of benzene rings is 3. The molecule has 0 aliphatic rings. The third-order valence-electron chi connectivity index (χ3n) is 6.46. The lowest BCUT2D eigenvalue weighted by Crippen LogP contribution is -2.29. The number of nitrogens with zero attached hydrogens (tertiary/aromatic N) is 5. The van der Waals surface area contributed by atoms with E-state index < -0.39 is 6.04 Å². The van der Waals surface area contributed by atoms with E-state index in [-0.39, 0.29) is 11.7 Å². The maximum atomic E-state index is 13.2. The number of carbonyl (C=O) groups excluding carboxylic acids is 1. The number of rotatable bonds is 10. The van der Waals surface area contributed by atoms with E-state index in [9.17, 15) is 4.79 Å². The highest BCUT2D eigenvalue weighted by atomic mass is 35.5. The van der Waals surface area contributed by atoms with Crippen molar-refractivity contribution in [3.05, 3.63) is 112 Å². The minimum Gasteiger partial charge on any atom is -0.388 e. The Hall–Kier alpha value is -5.00. The van der Waals surface area contributed by atoms with Crippen LogP contribution in [0.3, 0.4) is 0 Å². The molecule has 0 bridgehead atoms. The molecule has 0 aliphatic carbocycles. The van der Waals surface area contributed by atoms with Crippen LogP contribution in [0, 0.1) is 5.41 Å². The predicted molar refractivity (Wildman–Crippen MR) is 164 cm³/mol. The van der Waals surface area contributed by atoms with Crippen LogP contribution in [0.2, 0.25) is 10.2 Å². The number of anilines is 1. The normalized spacial score (nSPS) is 11.9. The van der Waals surface area contributed by atoms with E-state index in [1.54, 1.807) is 43.5 Å². The van der Waals surface area contributed by atoms with E-state index in [0.717, 1.165) is 11.1 Å². The van der Waals surface area contributed by atoms with Gasteiger partial charge in [0.1, 0.15) is 28.8 Å². The summed E-state index contributed by atoms with van der Waals surface area (Å²) in [4.78, 5) is 21.1. The van der Waals surface area contributed by atoms with E-state index in [1.807, 2.05) is 36.4 Å². The number of carbonyl (C=O) groups is 1. The Labute approximate surface area is 251 Å². The van der Waals surface area contributed by atoms with Crippen LogP contribution in [0.1, 0.15) is 28.6 Å². The van der Waals surface area contributed by atoms with Gasteiger partial charge in [0, 0.05) is 40.5 Å². The molecule has 5 aromatic rings. The lowest BCUT2D eigenvalue weighted by Gasteiger charge is -2.16. The summed E-state index contributed by atoms with van der Waals surface area (Å²) in [6.45, 7) is 0. The van der Waals surface area contributed by atoms with Gasteiger partial charge >= 0.3 is 0 Å². The Morgan fingerprint density at radius 3 is 2.67 bits per heavy atom. The van der Waals surface area contributed by atoms with Gasteiger partial charge in [-0.15, -0.1) is 5.10 Å². The van der Waals surface area contributed by atoms with Crippen molar-refractivity contribution in [1.29, 1.82) is 5.41 Å². The second-order valence-corrected chi connectivity index (χ2v) is 10.1. The average Bonchev–Trinajstić information content (AvgIpc) is 3.66. The van der Waals surface area contributed by atoms with Crippen LogP contribution < -0.4 is 16.4 Å². The molecular formula is C29H26Cl2N10O. The molecule has 13 heteroatoms. The van der Waals surface area contributed by atoms with Crippen molar-refractivity contribution in [3.63, 3.8) is 0 Å². The number of amides is 1. The molecule has 6 N–H and O–H groups in total. The molecule has 2 heterocycles. The topological polar surface area (TPSA) is 163 Å². The molecule has 5 rings (SSSR count). The number of amidine groups is 1. The molecule has 0 unspecified atom stereocenters. The van der Waals surface area contributed by atoms with Gasteiger partial charge in [0.2, 0.25) is 5.91 Å². The highest BCUT2D eigenvalue weighted by Gasteiger charge is 2.21. The molecule has 0 spiro atoms. The molecule has 0 fully saturated rings. The number of H-pyrrole nitrogens is 1. The largest absolute Gasteiger partial charge is 0.388 e. The highest BCUT2D eigenvalue weighted by molar-refractivity contribution is 6.32. The molecule has 212 valence electrons. The van der Waals surface area contributed by atoms with Gasteiger partial charge in [-0.25, -0.2) is 4.98 Å². The van der Waals surface area contributed by atoms with Crippen LogP contribution in [0.15, 0.2) is 79.1 Å². The Morgan fingerprint density at radius 2 is 1.95 bits per heavy atom. The molecule has 0 saturated heterocycles. The lowest BCUT2D eigenvalue weighted by atomic mass is 10.0. The number of halogens is 2. The van der Waals surface area contributed by atoms with Crippen LogP contribution in [0.4, 0.5) is 5.69 Å². The smallest absolute Gasteiger partial charge is 0.244 e. The third kappa shape index (κ3) is 6.48. The van der Waals surface area contributed by atoms with E-state index >= 15 is 0 Å². The quantitative estimate of drug-likeness (QED) is 0.0872. The number of imidazole rings is 1. The molecular weight excluding hydrogens is 575 g/mol. The van der Waals surface area contributed by atoms with Crippen LogP contribution >= 0.6 is 23.2 Å². The maximum Gasteiger partial charge on any atom is 0.244 e. The minimum atomic E-state index is -0.533. The minimum absolute atomic E-state index is 0.0544. The van der Waals surface area contributed by atoms with Gasteiger partial charge in [0.05, 0.1) is 11.7 Å². The van der Waals surface area contributed by atoms with Crippen LogP contribution in [0.5, 0.6) is 0 Å². The SMILES string of the molecule is CNc1cc(-c2nc([C@H](Cc3ccccc3)NC(=O)/C=C/c3cc(Cl)ccc3-n3cnnn3)[nH]c2Cl)ccc1C(=N)N. The number of aromatic amines is 1. The second-order valence-electron chi connectivity index (χ2n) is 9.25. The maximum absolute atomic E-state index is 13.2. The van der Waals surface area contributed by atoms with Crippen molar-refractivity contribution in [2.24, 2.45) is 5.73 Å². The summed E-state index contributed by atoms with van der Waals surface area (Å²) in [5.41, 5.74) is 10.5. The monoisotopic (exact) mass is 600 g/mol. The summed E-state index contributed by atoms with van der Waals surface area (Å²) < 4.78 is 1.49. The number of aromatic nitrogens is 6. The van der Waals surface area contributed by atoms with Crippen molar-refractivity contribution >= 4 is 46.7 Å². The second kappa shape index (κ2) is 12.7. The first-order valence-electron chi connectivity index (χ1n) is 12.8. The van der Waals surface area contributed by atoms with Crippen LogP contribution in [-0.2, 0) is 11.2 Å². The zero-order valence-electron chi connectivity index (χ0n) is 22.3. The fraction of sp³-hybridized carbons (Fsp3) is 0.103. The summed E-state index contributed by atoms with van der Waals surface area (Å²) in [6.07, 6.45) is 4.99. The third-order valence-corrected chi connectivity index (χ3v) is 6.97. The van der Waals surface area contributed by atoms with Gasteiger partial charge in [-0.2, -0.15) is 4.68 Å². The predicted octanol–water partition coefficient (Wildman–Crippen LogP) is 4.80. The molecule has 0 saturated carbocycles. The van der Waals surface area contributed by atoms with Crippen molar-refractivity contribution in [2.45, 2.75) is 12.5 Å². The van der Waals surface area contributed by atoms with Gasteiger partial charge in [-0.05, 0) is 58.8 Å². The zero-order chi connectivity index (χ0) is 29.6. The number of nitrogens with two attached hydrogens (primary N) is 1. The summed E-state index contributed by atoms with van der Waals surface area (Å²) in [5, 5.41) is 26.0. The number of hydrogen-bond donors (Lipinski definition) is 5. The number of nitrogen functional groups attached to an aromatic ring is 1. The Morgan fingerprint density at radius 1 is 1.14 bits per heavy atom. The van der Waals surface area contributed by atoms with Crippen molar-refractivity contribution in [1.82, 2.24) is 35.5 Å². The Balaban J connectivity index is 1.44. The lowest BCUT2D eigenvalue weighted by molar-refractivity contribution is -0.117. The van der Waals surface area contributed by atoms with E-state index in [1.165, 1.54) is 17.1 Å². The first-order chi connectivity index (χ1) is 20.3. The molecule has 42 heavy (non-hydrogen) atoms. The van der Waals surface area contributed by atoms with E-state index in [2.05, 4.69) is 31.1 Å². The molecule has 0 radical (unpaired) electrons. The van der Waals surface area contributed by atoms with Gasteiger partial charge in [-0.3, -0.25) is 10.2 Å². The van der Waals surface area contributed by atoms with Crippen molar-refractivity contribution in [2.75, 3.05) is 12.4 Å². The number of tetrazole rings is 1. The van der Waals surface area contributed by atoms with Crippen molar-refractivity contribution < 1.29 is 4.79 Å². The van der Waals surface area contributed by atoms with E-state index in [4.69, 9.17) is 39.3 Å². The molecule has 1 atom stereocenters. The van der Waals surface area contributed by atoms with Gasteiger partial charge in [0.25, 0.3) is 0 Å². The summed E-state index contributed by atoms with van der Waals surface area (Å²) in [7, 11) is 1.75. The summed E-state index contributed by atoms with van der Waals surface area (Å²) in [5.74, 6) is 0.0802. The first kappa shape index (κ1) is 28.5. The Kier molecular flexibility index (Phi) is 8.60. The molecule has 11 nitrogen and oxygen atoms in total. The highest BCUT2D eigenvalue weighted by Crippen LogP contribution is 2.31. The summed E-state index contributed by atoms with van der Waals surface area (Å²) in [6, 6.07) is 19.8. The van der Waals surface area contributed by atoms with Crippen LogP contribution in [-0.4, -0.2) is 49.0 Å². The summed E-state index contributed by atoms with van der Waals surface area (Å²) >= 11 is 12.8. The molecule has 3 aromatic carbocycles. The van der Waals surface area contributed by atoms with Crippen LogP contribution in [0.25, 0.3) is 23.0 Å². The first-order valence-corrected chi connectivity index (χ1v) is 13.6. The number of nitrogens with one attached hydrogen (secondary N) is 4. The number of hydrogen-bond acceptors (Lipinski definition) is 7. The molecule has 2 aromatic heterocycles. The fourth-order valence-electron chi connectivity index (χ4n) is 4.45. The standard InChI is InChI=1S/C29H26Cl2N10O/c1-34-22-15-19(7-10-21(22)28(32)33)26-27(31)38-29(37-26)23(13-17-5-3-2-4-6-17)36-25(42)12-8-18-14-20(30)9-11-24(18)41-16-35-39-40-41/h2-12,14-16,23,34H,13H2,1H3,(H3,32,33)(H,36,42)(H,37,38)/b12-8+/t23-/m0/s1. The molecule has 1 amide bonds. The molecule has 0 aliphatic heterocycles. The van der Waals surface area contributed by atoms with Gasteiger partial charge in [0.15, 0.2) is 0 Å². The average molecular weight is 602 g/mol. The van der Waals surface area contributed by atoms with E-state index in [0.29, 0.717) is 50.6 Å². The zero-order valence-corrected chi connectivity index (χ0v) is 23.9. The Bertz CT molecular complexity index is 1750. The fourth-order valence-corrected chi connectivity index (χ4v) is 4.88. The van der Waals surface area contributed by atoms with Gasteiger partial charge in [-0.1, -0.05) is 59.6 Å². The van der Waals surface area contributed by atoms with Gasteiger partial charge < -0.3 is 21.4 Å². The van der Waals surface area contributed by atoms with Crippen molar-refractivity contribution in [3.8, 4) is 16.9 Å².